The molecule has 1 atom stereocenters. The number of benzene rings is 1. The molecule has 0 radical (unpaired) electrons. The van der Waals surface area contributed by atoms with Crippen molar-refractivity contribution in [3.63, 3.8) is 0 Å². The van der Waals surface area contributed by atoms with Crippen molar-refractivity contribution < 1.29 is 5.11 Å². The van der Waals surface area contributed by atoms with E-state index in [1.54, 1.807) is 12.1 Å². The summed E-state index contributed by atoms with van der Waals surface area (Å²) in [5.74, 6) is 0.0847. The van der Waals surface area contributed by atoms with Crippen LogP contribution < -0.4 is 16.6 Å². The molecular weight excluding hydrogens is 334 g/mol. The van der Waals surface area contributed by atoms with Gasteiger partial charge in [-0.1, -0.05) is 11.6 Å². The van der Waals surface area contributed by atoms with Crippen LogP contribution in [0.25, 0.3) is 0 Å². The minimum absolute atomic E-state index is 0.00519. The third kappa shape index (κ3) is 2.04. The van der Waals surface area contributed by atoms with Gasteiger partial charge in [-0.3, -0.25) is 19.9 Å². The van der Waals surface area contributed by atoms with Crippen LogP contribution in [0.4, 0.5) is 11.6 Å². The number of halogens is 1. The molecule has 8 nitrogen and oxygen atoms in total. The van der Waals surface area contributed by atoms with Gasteiger partial charge in [0.2, 0.25) is 0 Å². The van der Waals surface area contributed by atoms with Crippen LogP contribution in [0.2, 0.25) is 5.02 Å². The number of H-pyrrole nitrogens is 3. The molecule has 1 aliphatic rings. The van der Waals surface area contributed by atoms with Crippen molar-refractivity contribution in [2.45, 2.75) is 12.8 Å². The second-order valence-electron chi connectivity index (χ2n) is 5.57. The highest BCUT2D eigenvalue weighted by Gasteiger charge is 2.35. The maximum atomic E-state index is 12.4. The van der Waals surface area contributed by atoms with Crippen molar-refractivity contribution in [2.75, 3.05) is 5.32 Å². The maximum Gasteiger partial charge on any atom is 0.327 e. The number of aromatic amines is 3. The second kappa shape index (κ2) is 5.00. The van der Waals surface area contributed by atoms with Gasteiger partial charge >= 0.3 is 5.69 Å². The largest absolute Gasteiger partial charge is 0.508 e. The van der Waals surface area contributed by atoms with E-state index in [9.17, 15) is 14.7 Å². The van der Waals surface area contributed by atoms with Gasteiger partial charge in [-0.05, 0) is 25.1 Å². The summed E-state index contributed by atoms with van der Waals surface area (Å²) in [4.78, 5) is 28.8. The van der Waals surface area contributed by atoms with Crippen molar-refractivity contribution in [3.05, 3.63) is 66.4 Å². The summed E-state index contributed by atoms with van der Waals surface area (Å²) in [5.41, 5.74) is 1.00. The molecule has 122 valence electrons. The van der Waals surface area contributed by atoms with Gasteiger partial charge in [0.05, 0.1) is 11.5 Å². The SMILES string of the molecule is Cc1[nH]nc2c1C(c1cc(Cl)ccc1O)c1c([nH]c(=O)[nH]c1=O)N2. The Morgan fingerprint density at radius 3 is 2.79 bits per heavy atom. The molecule has 2 aromatic heterocycles. The van der Waals surface area contributed by atoms with E-state index in [1.807, 2.05) is 6.92 Å². The lowest BCUT2D eigenvalue weighted by atomic mass is 9.83. The monoisotopic (exact) mass is 345 g/mol. The molecule has 0 aliphatic carbocycles. The van der Waals surface area contributed by atoms with Crippen LogP contribution in [0.15, 0.2) is 27.8 Å². The third-order valence-corrected chi connectivity index (χ3v) is 4.33. The summed E-state index contributed by atoms with van der Waals surface area (Å²) in [6.07, 6.45) is 0. The quantitative estimate of drug-likeness (QED) is 0.359. The van der Waals surface area contributed by atoms with E-state index in [4.69, 9.17) is 11.6 Å². The molecule has 5 N–H and O–H groups in total. The van der Waals surface area contributed by atoms with Gasteiger partial charge in [0, 0.05) is 21.8 Å². The molecular formula is C15H12ClN5O3. The van der Waals surface area contributed by atoms with E-state index < -0.39 is 17.2 Å². The Kier molecular flexibility index (Phi) is 3.04. The maximum absolute atomic E-state index is 12.4. The number of hydrogen-bond donors (Lipinski definition) is 5. The van der Waals surface area contributed by atoms with Crippen LogP contribution in [0.3, 0.4) is 0 Å². The fourth-order valence-corrected chi connectivity index (χ4v) is 3.27. The number of phenolic OH excluding ortho intramolecular Hbond substituents is 1. The van der Waals surface area contributed by atoms with E-state index in [0.29, 0.717) is 22.0 Å². The standard InChI is InChI=1S/C15H12ClN5O3/c1-5-9-10(7-4-6(16)2-3-8(7)22)11-12(17-13(9)21-20-5)18-15(24)19-14(11)23/h2-4,10,22H,1H3,(H4,17,18,19,20,21,23,24). The zero-order valence-corrected chi connectivity index (χ0v) is 13.2. The van der Waals surface area contributed by atoms with Crippen molar-refractivity contribution >= 4 is 23.2 Å². The summed E-state index contributed by atoms with van der Waals surface area (Å²) in [5, 5.41) is 20.7. The van der Waals surface area contributed by atoms with Gasteiger partial charge in [0.15, 0.2) is 5.82 Å². The highest BCUT2D eigenvalue weighted by atomic mass is 35.5. The Morgan fingerprint density at radius 1 is 1.21 bits per heavy atom. The lowest BCUT2D eigenvalue weighted by Crippen LogP contribution is -2.31. The van der Waals surface area contributed by atoms with Gasteiger partial charge in [0.1, 0.15) is 11.6 Å². The van der Waals surface area contributed by atoms with Crippen molar-refractivity contribution in [3.8, 4) is 5.75 Å². The molecule has 0 saturated heterocycles. The minimum Gasteiger partial charge on any atom is -0.508 e. The van der Waals surface area contributed by atoms with Crippen LogP contribution >= 0.6 is 11.6 Å². The number of nitrogens with zero attached hydrogens (tertiary/aromatic N) is 1. The first-order valence-electron chi connectivity index (χ1n) is 7.12. The predicted molar refractivity (Wildman–Crippen MR) is 88.4 cm³/mol. The highest BCUT2D eigenvalue weighted by molar-refractivity contribution is 6.30. The Balaban J connectivity index is 2.10. The molecule has 3 heterocycles. The van der Waals surface area contributed by atoms with Gasteiger partial charge in [-0.2, -0.15) is 5.10 Å². The number of phenols is 1. The lowest BCUT2D eigenvalue weighted by molar-refractivity contribution is 0.467. The number of aromatic nitrogens is 4. The smallest absolute Gasteiger partial charge is 0.327 e. The third-order valence-electron chi connectivity index (χ3n) is 4.10. The van der Waals surface area contributed by atoms with Gasteiger partial charge in [0.25, 0.3) is 5.56 Å². The molecule has 0 fully saturated rings. The van der Waals surface area contributed by atoms with Crippen LogP contribution in [-0.4, -0.2) is 25.3 Å². The van der Waals surface area contributed by atoms with Crippen molar-refractivity contribution in [1.82, 2.24) is 20.2 Å². The van der Waals surface area contributed by atoms with Crippen LogP contribution in [0.1, 0.15) is 28.3 Å². The molecule has 1 aromatic carbocycles. The fraction of sp³-hybridized carbons (Fsp3) is 0.133. The molecule has 0 spiro atoms. The molecule has 24 heavy (non-hydrogen) atoms. The molecule has 1 unspecified atom stereocenters. The number of anilines is 2. The number of nitrogens with one attached hydrogen (secondary N) is 4. The number of fused-ring (bicyclic) bond motifs is 2. The zero-order valence-electron chi connectivity index (χ0n) is 12.4. The number of aromatic hydroxyl groups is 1. The first kappa shape index (κ1) is 14.6. The first-order valence-corrected chi connectivity index (χ1v) is 7.50. The van der Waals surface area contributed by atoms with Crippen LogP contribution in [-0.2, 0) is 0 Å². The summed E-state index contributed by atoms with van der Waals surface area (Å²) < 4.78 is 0. The fourth-order valence-electron chi connectivity index (χ4n) is 3.09. The Morgan fingerprint density at radius 2 is 2.00 bits per heavy atom. The van der Waals surface area contributed by atoms with E-state index in [1.165, 1.54) is 6.07 Å². The Labute approximate surface area is 139 Å². The average Bonchev–Trinajstić information content (AvgIpc) is 2.88. The first-order chi connectivity index (χ1) is 11.5. The zero-order chi connectivity index (χ0) is 17.0. The minimum atomic E-state index is -0.630. The lowest BCUT2D eigenvalue weighted by Gasteiger charge is -2.26. The number of aryl methyl sites for hydroxylation is 1. The number of hydrogen-bond acceptors (Lipinski definition) is 5. The summed E-state index contributed by atoms with van der Waals surface area (Å²) in [6.45, 7) is 1.81. The normalized spacial score (nSPS) is 15.5. The Hall–Kier alpha value is -3.00. The van der Waals surface area contributed by atoms with E-state index >= 15 is 0 Å². The summed E-state index contributed by atoms with van der Waals surface area (Å²) in [7, 11) is 0. The second-order valence-corrected chi connectivity index (χ2v) is 6.01. The highest BCUT2D eigenvalue weighted by Crippen LogP contribution is 2.45. The molecule has 0 amide bonds. The van der Waals surface area contributed by atoms with Crippen molar-refractivity contribution in [2.24, 2.45) is 0 Å². The molecule has 1 aliphatic heterocycles. The summed E-state index contributed by atoms with van der Waals surface area (Å²) in [6, 6.07) is 4.62. The number of rotatable bonds is 1. The Bertz CT molecular complexity index is 1080. The van der Waals surface area contributed by atoms with E-state index in [-0.39, 0.29) is 17.1 Å². The molecule has 0 bridgehead atoms. The molecule has 0 saturated carbocycles. The van der Waals surface area contributed by atoms with E-state index in [0.717, 1.165) is 5.69 Å². The van der Waals surface area contributed by atoms with Gasteiger partial charge in [-0.25, -0.2) is 4.79 Å². The summed E-state index contributed by atoms with van der Waals surface area (Å²) >= 11 is 6.08. The van der Waals surface area contributed by atoms with Crippen LogP contribution in [0, 0.1) is 6.92 Å². The van der Waals surface area contributed by atoms with Gasteiger partial charge < -0.3 is 10.4 Å². The van der Waals surface area contributed by atoms with Crippen molar-refractivity contribution in [1.29, 1.82) is 0 Å². The predicted octanol–water partition coefficient (Wildman–Crippen LogP) is 1.69. The van der Waals surface area contributed by atoms with Gasteiger partial charge in [-0.15, -0.1) is 0 Å². The topological polar surface area (TPSA) is 127 Å². The molecule has 4 rings (SSSR count). The molecule has 3 aromatic rings. The molecule has 9 heteroatoms. The van der Waals surface area contributed by atoms with E-state index in [2.05, 4.69) is 25.5 Å². The average molecular weight is 346 g/mol. The van der Waals surface area contributed by atoms with Crippen LogP contribution in [0.5, 0.6) is 5.75 Å².